The quantitative estimate of drug-likeness (QED) is 0.831. The monoisotopic (exact) mass is 312 g/mol. The second-order valence-electron chi connectivity index (χ2n) is 8.24. The van der Waals surface area contributed by atoms with Gasteiger partial charge >= 0.3 is 6.09 Å². The second-order valence-corrected chi connectivity index (χ2v) is 8.24. The molecule has 1 atom stereocenters. The van der Waals surface area contributed by atoms with Crippen molar-refractivity contribution in [1.82, 2.24) is 10.2 Å². The van der Waals surface area contributed by atoms with Crippen LogP contribution in [0.1, 0.15) is 53.9 Å². The van der Waals surface area contributed by atoms with Crippen LogP contribution in [0.15, 0.2) is 0 Å². The third-order valence-corrected chi connectivity index (χ3v) is 4.32. The summed E-state index contributed by atoms with van der Waals surface area (Å²) in [5, 5.41) is 12.8. The molecule has 2 amide bonds. The maximum atomic E-state index is 12.7. The van der Waals surface area contributed by atoms with E-state index >= 15 is 0 Å². The van der Waals surface area contributed by atoms with Crippen molar-refractivity contribution >= 4 is 12.0 Å². The maximum Gasteiger partial charge on any atom is 0.408 e. The summed E-state index contributed by atoms with van der Waals surface area (Å²) in [7, 11) is 0. The van der Waals surface area contributed by atoms with Gasteiger partial charge in [0.15, 0.2) is 0 Å². The smallest absolute Gasteiger partial charge is 0.408 e. The molecular formula is C16H28N2O4. The van der Waals surface area contributed by atoms with E-state index in [1.165, 1.54) is 26.7 Å². The van der Waals surface area contributed by atoms with Gasteiger partial charge in [0, 0.05) is 13.1 Å². The van der Waals surface area contributed by atoms with Crippen LogP contribution in [0.2, 0.25) is 0 Å². The molecule has 1 aliphatic carbocycles. The number of alkyl carbamates (subject to hydrolysis) is 1. The van der Waals surface area contributed by atoms with E-state index in [9.17, 15) is 14.7 Å². The predicted octanol–water partition coefficient (Wildman–Crippen LogP) is 1.66. The molecule has 1 aliphatic heterocycles. The summed E-state index contributed by atoms with van der Waals surface area (Å²) in [5.41, 5.74) is -1.69. The average molecular weight is 312 g/mol. The fourth-order valence-electron chi connectivity index (χ4n) is 2.86. The van der Waals surface area contributed by atoms with Crippen molar-refractivity contribution in [1.29, 1.82) is 0 Å². The van der Waals surface area contributed by atoms with Gasteiger partial charge in [-0.1, -0.05) is 0 Å². The lowest BCUT2D eigenvalue weighted by atomic mass is 9.97. The van der Waals surface area contributed by atoms with E-state index in [0.717, 1.165) is 13.0 Å². The summed E-state index contributed by atoms with van der Waals surface area (Å²) >= 11 is 0. The van der Waals surface area contributed by atoms with Crippen LogP contribution in [0.5, 0.6) is 0 Å². The molecule has 2 N–H and O–H groups in total. The molecule has 2 aliphatic rings. The van der Waals surface area contributed by atoms with Crippen LogP contribution < -0.4 is 5.32 Å². The Bertz CT molecular complexity index is 458. The van der Waals surface area contributed by atoms with Crippen molar-refractivity contribution in [3.8, 4) is 0 Å². The number of rotatable bonds is 3. The third-order valence-electron chi connectivity index (χ3n) is 4.32. The van der Waals surface area contributed by atoms with Gasteiger partial charge in [0.05, 0.1) is 5.60 Å². The van der Waals surface area contributed by atoms with Gasteiger partial charge in [-0.25, -0.2) is 4.79 Å². The van der Waals surface area contributed by atoms with Gasteiger partial charge in [-0.2, -0.15) is 0 Å². The molecule has 6 nitrogen and oxygen atoms in total. The van der Waals surface area contributed by atoms with E-state index < -0.39 is 23.3 Å². The molecule has 6 heteroatoms. The molecule has 0 unspecified atom stereocenters. The van der Waals surface area contributed by atoms with E-state index in [0.29, 0.717) is 12.0 Å². The first-order chi connectivity index (χ1) is 9.92. The Balaban J connectivity index is 2.03. The number of nitrogens with zero attached hydrogens (tertiary/aromatic N) is 1. The molecule has 0 bridgehead atoms. The fraction of sp³-hybridized carbons (Fsp3) is 0.875. The van der Waals surface area contributed by atoms with Gasteiger partial charge in [0.2, 0.25) is 5.91 Å². The van der Waals surface area contributed by atoms with Crippen molar-refractivity contribution in [2.24, 2.45) is 5.41 Å². The average Bonchev–Trinajstić information content (AvgIpc) is 2.92. The van der Waals surface area contributed by atoms with Crippen molar-refractivity contribution in [2.75, 3.05) is 13.1 Å². The molecule has 0 aromatic carbocycles. The standard InChI is InChI=1S/C16H28N2O4/c1-14(2,3)22-13(20)17-11(15(4,5)21)12(19)18-9-8-16(10-18)6-7-16/h11,21H,6-10H2,1-5H3,(H,17,20)/t11-/m0/s1. The van der Waals surface area contributed by atoms with Crippen LogP contribution in [0.3, 0.4) is 0 Å². The van der Waals surface area contributed by atoms with Crippen LogP contribution in [0, 0.1) is 5.41 Å². The zero-order chi connectivity index (χ0) is 16.8. The summed E-state index contributed by atoms with van der Waals surface area (Å²) in [4.78, 5) is 26.4. The van der Waals surface area contributed by atoms with Crippen molar-refractivity contribution < 1.29 is 19.4 Å². The summed E-state index contributed by atoms with van der Waals surface area (Å²) in [6.07, 6.45) is 2.67. The van der Waals surface area contributed by atoms with Gasteiger partial charge in [0.1, 0.15) is 11.6 Å². The molecule has 0 aromatic rings. The lowest BCUT2D eigenvalue weighted by Gasteiger charge is -2.33. The minimum absolute atomic E-state index is 0.234. The highest BCUT2D eigenvalue weighted by Gasteiger charge is 2.50. The van der Waals surface area contributed by atoms with Gasteiger partial charge in [-0.15, -0.1) is 0 Å². The molecule has 2 rings (SSSR count). The highest BCUT2D eigenvalue weighted by molar-refractivity contribution is 5.87. The zero-order valence-corrected chi connectivity index (χ0v) is 14.2. The highest BCUT2D eigenvalue weighted by Crippen LogP contribution is 2.52. The number of hydrogen-bond acceptors (Lipinski definition) is 4. The SMILES string of the molecule is CC(C)(C)OC(=O)N[C@@H](C(=O)N1CCC2(CC2)C1)C(C)(C)O. The number of aliphatic hydroxyl groups is 1. The molecule has 22 heavy (non-hydrogen) atoms. The Kier molecular flexibility index (Phi) is 4.19. The summed E-state index contributed by atoms with van der Waals surface area (Å²) in [6, 6.07) is -1.00. The van der Waals surface area contributed by atoms with E-state index in [4.69, 9.17) is 4.74 Å². The molecule has 1 heterocycles. The summed E-state index contributed by atoms with van der Waals surface area (Å²) < 4.78 is 5.20. The largest absolute Gasteiger partial charge is 0.444 e. The molecule has 1 saturated carbocycles. The minimum Gasteiger partial charge on any atom is -0.444 e. The molecule has 2 fully saturated rings. The Hall–Kier alpha value is -1.30. The normalized spacial score (nSPS) is 21.6. The molecule has 0 aromatic heterocycles. The van der Waals surface area contributed by atoms with Gasteiger partial charge < -0.3 is 20.1 Å². The first-order valence-corrected chi connectivity index (χ1v) is 7.93. The molecule has 126 valence electrons. The van der Waals surface area contributed by atoms with Crippen molar-refractivity contribution in [3.05, 3.63) is 0 Å². The number of likely N-dealkylation sites (tertiary alicyclic amines) is 1. The van der Waals surface area contributed by atoms with E-state index in [2.05, 4.69) is 5.32 Å². The fourth-order valence-corrected chi connectivity index (χ4v) is 2.86. The Morgan fingerprint density at radius 3 is 2.18 bits per heavy atom. The van der Waals surface area contributed by atoms with E-state index in [1.807, 2.05) is 0 Å². The summed E-state index contributed by atoms with van der Waals surface area (Å²) in [6.45, 7) is 9.74. The first-order valence-electron chi connectivity index (χ1n) is 7.93. The number of amides is 2. The molecule has 1 spiro atoms. The van der Waals surface area contributed by atoms with Crippen molar-refractivity contribution in [2.45, 2.75) is 71.1 Å². The van der Waals surface area contributed by atoms with Gasteiger partial charge in [0.25, 0.3) is 0 Å². The number of hydrogen-bond donors (Lipinski definition) is 2. The van der Waals surface area contributed by atoms with Gasteiger partial charge in [-0.05, 0) is 59.3 Å². The van der Waals surface area contributed by atoms with Crippen LogP contribution in [0.4, 0.5) is 4.79 Å². The number of carbonyl (C=O) groups is 2. The van der Waals surface area contributed by atoms with Crippen LogP contribution in [-0.2, 0) is 9.53 Å². The molecule has 0 radical (unpaired) electrons. The number of ether oxygens (including phenoxy) is 1. The first kappa shape index (κ1) is 17.1. The van der Waals surface area contributed by atoms with Crippen LogP contribution in [-0.4, -0.2) is 52.3 Å². The molecule has 1 saturated heterocycles. The zero-order valence-electron chi connectivity index (χ0n) is 14.2. The summed E-state index contributed by atoms with van der Waals surface area (Å²) in [5.74, 6) is -0.234. The second kappa shape index (κ2) is 5.41. The van der Waals surface area contributed by atoms with Gasteiger partial charge in [-0.3, -0.25) is 4.79 Å². The maximum absolute atomic E-state index is 12.7. The molecular weight excluding hydrogens is 284 g/mol. The lowest BCUT2D eigenvalue weighted by molar-refractivity contribution is -0.138. The number of nitrogens with one attached hydrogen (secondary N) is 1. The topological polar surface area (TPSA) is 78.9 Å². The van der Waals surface area contributed by atoms with Crippen LogP contribution >= 0.6 is 0 Å². The lowest BCUT2D eigenvalue weighted by Crippen LogP contribution is -2.58. The Labute approximate surface area is 132 Å². The van der Waals surface area contributed by atoms with Crippen LogP contribution in [0.25, 0.3) is 0 Å². The number of carbonyl (C=O) groups excluding carboxylic acids is 2. The third kappa shape index (κ3) is 4.12. The Morgan fingerprint density at radius 1 is 1.18 bits per heavy atom. The Morgan fingerprint density at radius 2 is 1.77 bits per heavy atom. The van der Waals surface area contributed by atoms with Crippen molar-refractivity contribution in [3.63, 3.8) is 0 Å². The van der Waals surface area contributed by atoms with E-state index in [-0.39, 0.29) is 5.91 Å². The minimum atomic E-state index is -1.35. The highest BCUT2D eigenvalue weighted by atomic mass is 16.6. The predicted molar refractivity (Wildman–Crippen MR) is 82.3 cm³/mol. The van der Waals surface area contributed by atoms with E-state index in [1.54, 1.807) is 25.7 Å².